The summed E-state index contributed by atoms with van der Waals surface area (Å²) in [6.07, 6.45) is 8.17. The molecular formula is C12H19N3. The number of imidazole rings is 1. The largest absolute Gasteiger partial charge is 0.334 e. The van der Waals surface area contributed by atoms with Crippen molar-refractivity contribution >= 4 is 0 Å². The number of nitrogens with zero attached hydrogens (tertiary/aromatic N) is 3. The lowest BCUT2D eigenvalue weighted by molar-refractivity contribution is 0.376. The van der Waals surface area contributed by atoms with E-state index in [0.717, 1.165) is 11.8 Å². The maximum atomic E-state index is 4.29. The second-order valence-corrected chi connectivity index (χ2v) is 5.16. The predicted molar refractivity (Wildman–Crippen MR) is 59.8 cm³/mol. The summed E-state index contributed by atoms with van der Waals surface area (Å²) in [6.45, 7) is 3.69. The Balaban J connectivity index is 1.68. The first-order valence-corrected chi connectivity index (χ1v) is 6.01. The Morgan fingerprint density at radius 1 is 1.40 bits per heavy atom. The monoisotopic (exact) mass is 205 g/mol. The molecule has 82 valence electrons. The van der Waals surface area contributed by atoms with E-state index in [-0.39, 0.29) is 0 Å². The Morgan fingerprint density at radius 2 is 2.27 bits per heavy atom. The van der Waals surface area contributed by atoms with Gasteiger partial charge in [0, 0.05) is 30.9 Å². The molecule has 0 spiro atoms. The first-order valence-electron chi connectivity index (χ1n) is 6.01. The number of aromatic nitrogens is 2. The average molecular weight is 205 g/mol. The summed E-state index contributed by atoms with van der Waals surface area (Å²) in [6, 6.07) is 0. The molecule has 2 heterocycles. The minimum atomic E-state index is 0.826. The molecule has 1 saturated carbocycles. The van der Waals surface area contributed by atoms with E-state index in [2.05, 4.69) is 27.7 Å². The SMILES string of the molecule is CN1CCC(Cn2cncc2C2CC2)C1. The van der Waals surface area contributed by atoms with Crippen molar-refractivity contribution < 1.29 is 0 Å². The van der Waals surface area contributed by atoms with Crippen molar-refractivity contribution in [2.45, 2.75) is 31.7 Å². The average Bonchev–Trinajstić information content (AvgIpc) is 2.83. The molecule has 1 aromatic rings. The van der Waals surface area contributed by atoms with Gasteiger partial charge in [-0.25, -0.2) is 4.98 Å². The number of rotatable bonds is 3. The molecule has 1 saturated heterocycles. The minimum Gasteiger partial charge on any atom is -0.334 e. The molecule has 1 atom stereocenters. The zero-order chi connectivity index (χ0) is 10.3. The lowest BCUT2D eigenvalue weighted by atomic mass is 10.1. The predicted octanol–water partition coefficient (Wildman–Crippen LogP) is 1.71. The van der Waals surface area contributed by atoms with Gasteiger partial charge in [-0.1, -0.05) is 0 Å². The van der Waals surface area contributed by atoms with Crippen LogP contribution in [0.5, 0.6) is 0 Å². The van der Waals surface area contributed by atoms with Crippen molar-refractivity contribution in [3.63, 3.8) is 0 Å². The third-order valence-corrected chi connectivity index (χ3v) is 3.68. The Hall–Kier alpha value is -0.830. The highest BCUT2D eigenvalue weighted by Gasteiger charge is 2.28. The number of hydrogen-bond acceptors (Lipinski definition) is 2. The second kappa shape index (κ2) is 3.63. The third-order valence-electron chi connectivity index (χ3n) is 3.68. The van der Waals surface area contributed by atoms with Crippen molar-refractivity contribution in [2.75, 3.05) is 20.1 Å². The van der Waals surface area contributed by atoms with Crippen molar-refractivity contribution in [2.24, 2.45) is 5.92 Å². The van der Waals surface area contributed by atoms with E-state index in [4.69, 9.17) is 0 Å². The molecule has 0 bridgehead atoms. The van der Waals surface area contributed by atoms with Crippen molar-refractivity contribution in [3.05, 3.63) is 18.2 Å². The van der Waals surface area contributed by atoms with Gasteiger partial charge in [0.1, 0.15) is 0 Å². The molecule has 2 fully saturated rings. The van der Waals surface area contributed by atoms with Gasteiger partial charge in [-0.3, -0.25) is 0 Å². The van der Waals surface area contributed by atoms with Gasteiger partial charge in [0.25, 0.3) is 0 Å². The summed E-state index contributed by atoms with van der Waals surface area (Å²) in [5.41, 5.74) is 1.48. The highest BCUT2D eigenvalue weighted by molar-refractivity contribution is 5.12. The second-order valence-electron chi connectivity index (χ2n) is 5.16. The van der Waals surface area contributed by atoms with E-state index in [1.165, 1.54) is 44.6 Å². The van der Waals surface area contributed by atoms with E-state index in [1.807, 2.05) is 6.33 Å². The molecule has 3 nitrogen and oxygen atoms in total. The summed E-state index contributed by atoms with van der Waals surface area (Å²) >= 11 is 0. The van der Waals surface area contributed by atoms with Crippen LogP contribution in [0.15, 0.2) is 12.5 Å². The maximum Gasteiger partial charge on any atom is 0.0948 e. The first kappa shape index (κ1) is 9.40. The van der Waals surface area contributed by atoms with E-state index < -0.39 is 0 Å². The van der Waals surface area contributed by atoms with E-state index in [0.29, 0.717) is 0 Å². The van der Waals surface area contributed by atoms with Gasteiger partial charge in [0.15, 0.2) is 0 Å². The van der Waals surface area contributed by atoms with Crippen LogP contribution in [0.1, 0.15) is 30.9 Å². The van der Waals surface area contributed by atoms with Gasteiger partial charge in [0.2, 0.25) is 0 Å². The summed E-state index contributed by atoms with van der Waals surface area (Å²) in [7, 11) is 2.22. The number of likely N-dealkylation sites (tertiary alicyclic amines) is 1. The fraction of sp³-hybridized carbons (Fsp3) is 0.750. The van der Waals surface area contributed by atoms with Crippen LogP contribution in [0.2, 0.25) is 0 Å². The van der Waals surface area contributed by atoms with E-state index >= 15 is 0 Å². The summed E-state index contributed by atoms with van der Waals surface area (Å²) in [5.74, 6) is 1.66. The maximum absolute atomic E-state index is 4.29. The molecule has 1 aliphatic heterocycles. The summed E-state index contributed by atoms with van der Waals surface area (Å²) in [4.78, 5) is 6.72. The van der Waals surface area contributed by atoms with Gasteiger partial charge < -0.3 is 9.47 Å². The standard InChI is InChI=1S/C12H19N3/c1-14-5-4-10(7-14)8-15-9-13-6-12(15)11-2-3-11/h6,9-11H,2-5,7-8H2,1H3. The molecule has 1 aromatic heterocycles. The van der Waals surface area contributed by atoms with Crippen LogP contribution in [-0.2, 0) is 6.54 Å². The Bertz CT molecular complexity index is 340. The lowest BCUT2D eigenvalue weighted by Crippen LogP contribution is -2.17. The quantitative estimate of drug-likeness (QED) is 0.749. The zero-order valence-corrected chi connectivity index (χ0v) is 9.39. The van der Waals surface area contributed by atoms with Crippen LogP contribution in [0.4, 0.5) is 0 Å². The van der Waals surface area contributed by atoms with Crippen LogP contribution in [0, 0.1) is 5.92 Å². The highest BCUT2D eigenvalue weighted by Crippen LogP contribution is 2.40. The van der Waals surface area contributed by atoms with Crippen molar-refractivity contribution in [1.29, 1.82) is 0 Å². The summed E-state index contributed by atoms with van der Waals surface area (Å²) in [5, 5.41) is 0. The molecule has 1 unspecified atom stereocenters. The van der Waals surface area contributed by atoms with Crippen LogP contribution in [-0.4, -0.2) is 34.6 Å². The van der Waals surface area contributed by atoms with E-state index in [9.17, 15) is 0 Å². The van der Waals surface area contributed by atoms with Crippen LogP contribution in [0.3, 0.4) is 0 Å². The molecule has 3 heteroatoms. The molecule has 2 aliphatic rings. The molecule has 3 rings (SSSR count). The van der Waals surface area contributed by atoms with E-state index in [1.54, 1.807) is 0 Å². The minimum absolute atomic E-state index is 0.826. The van der Waals surface area contributed by atoms with Crippen LogP contribution >= 0.6 is 0 Å². The van der Waals surface area contributed by atoms with Crippen LogP contribution in [0.25, 0.3) is 0 Å². The van der Waals surface area contributed by atoms with Gasteiger partial charge in [-0.2, -0.15) is 0 Å². The summed E-state index contributed by atoms with van der Waals surface area (Å²) < 4.78 is 2.39. The van der Waals surface area contributed by atoms with Gasteiger partial charge in [-0.15, -0.1) is 0 Å². The zero-order valence-electron chi connectivity index (χ0n) is 9.39. The van der Waals surface area contributed by atoms with Crippen LogP contribution < -0.4 is 0 Å². The molecule has 0 amide bonds. The third kappa shape index (κ3) is 1.93. The Kier molecular flexibility index (Phi) is 2.28. The van der Waals surface area contributed by atoms with Crippen molar-refractivity contribution in [3.8, 4) is 0 Å². The van der Waals surface area contributed by atoms with Crippen molar-refractivity contribution in [1.82, 2.24) is 14.5 Å². The topological polar surface area (TPSA) is 21.1 Å². The molecule has 15 heavy (non-hydrogen) atoms. The fourth-order valence-electron chi connectivity index (χ4n) is 2.66. The Morgan fingerprint density at radius 3 is 2.93 bits per heavy atom. The molecule has 0 radical (unpaired) electrons. The molecule has 1 aliphatic carbocycles. The number of hydrogen-bond donors (Lipinski definition) is 0. The molecule has 0 N–H and O–H groups in total. The van der Waals surface area contributed by atoms with Gasteiger partial charge in [0.05, 0.1) is 6.33 Å². The molecule has 0 aromatic carbocycles. The smallest absolute Gasteiger partial charge is 0.0948 e. The Labute approximate surface area is 91.1 Å². The lowest BCUT2D eigenvalue weighted by Gasteiger charge is -2.13. The molecular weight excluding hydrogens is 186 g/mol. The normalized spacial score (nSPS) is 27.4. The van der Waals surface area contributed by atoms with Gasteiger partial charge in [-0.05, 0) is 38.8 Å². The fourth-order valence-corrected chi connectivity index (χ4v) is 2.66. The first-order chi connectivity index (χ1) is 7.33. The van der Waals surface area contributed by atoms with Gasteiger partial charge >= 0.3 is 0 Å². The highest BCUT2D eigenvalue weighted by atomic mass is 15.1.